The topological polar surface area (TPSA) is 68.6 Å². The average Bonchev–Trinajstić information content (AvgIpc) is 3.01. The Labute approximate surface area is 199 Å². The van der Waals surface area contributed by atoms with Crippen molar-refractivity contribution in [3.8, 4) is 17.0 Å². The number of halogens is 1. The van der Waals surface area contributed by atoms with Gasteiger partial charge in [0.2, 0.25) is 0 Å². The maximum Gasteiger partial charge on any atom is 0.271 e. The first-order valence-corrected chi connectivity index (χ1v) is 13.6. The van der Waals surface area contributed by atoms with E-state index in [0.29, 0.717) is 18.7 Å². The third kappa shape index (κ3) is 3.69. The number of rotatable bonds is 3. The van der Waals surface area contributed by atoms with Crippen LogP contribution in [0, 0.1) is 0 Å². The number of ether oxygens (including phenoxy) is 1. The van der Waals surface area contributed by atoms with Crippen LogP contribution in [0.4, 0.5) is 0 Å². The monoisotopic (exact) mass is 522 g/mol. The summed E-state index contributed by atoms with van der Waals surface area (Å²) in [5, 5.41) is 0. The second-order valence-corrected chi connectivity index (χ2v) is 12.6. The van der Waals surface area contributed by atoms with Gasteiger partial charge in [0.15, 0.2) is 9.84 Å². The number of carbonyl (C=O) groups is 1. The summed E-state index contributed by atoms with van der Waals surface area (Å²) < 4.78 is 34.0. The molecule has 0 bridgehead atoms. The van der Waals surface area contributed by atoms with E-state index in [0.717, 1.165) is 58.4 Å². The van der Waals surface area contributed by atoms with E-state index in [1.807, 2.05) is 11.0 Å². The molecule has 0 radical (unpaired) electrons. The molecule has 6 nitrogen and oxygen atoms in total. The first-order chi connectivity index (χ1) is 15.0. The Morgan fingerprint density at radius 3 is 2.44 bits per heavy atom. The van der Waals surface area contributed by atoms with Crippen molar-refractivity contribution in [3.05, 3.63) is 33.4 Å². The summed E-state index contributed by atoms with van der Waals surface area (Å²) in [6.45, 7) is 9.27. The highest BCUT2D eigenvalue weighted by molar-refractivity contribution is 9.10. The van der Waals surface area contributed by atoms with Gasteiger partial charge in [0.25, 0.3) is 5.91 Å². The van der Waals surface area contributed by atoms with E-state index >= 15 is 0 Å². The van der Waals surface area contributed by atoms with Crippen LogP contribution in [0.2, 0.25) is 0 Å². The van der Waals surface area contributed by atoms with Gasteiger partial charge in [-0.25, -0.2) is 8.42 Å². The number of hydrogen-bond donors (Lipinski definition) is 0. The number of aryl methyl sites for hydroxylation is 1. The molecule has 0 atom stereocenters. The van der Waals surface area contributed by atoms with Crippen LogP contribution in [-0.4, -0.2) is 48.7 Å². The summed E-state index contributed by atoms with van der Waals surface area (Å²) in [5.41, 5.74) is 4.29. The minimum atomic E-state index is -3.47. The molecule has 1 amide bonds. The molecule has 4 rings (SSSR count). The molecule has 0 unspecified atom stereocenters. The van der Waals surface area contributed by atoms with Crippen molar-refractivity contribution in [2.45, 2.75) is 70.4 Å². The van der Waals surface area contributed by atoms with E-state index in [9.17, 15) is 13.2 Å². The van der Waals surface area contributed by atoms with Gasteiger partial charge in [-0.05, 0) is 85.6 Å². The minimum Gasteiger partial charge on any atom is -0.495 e. The lowest BCUT2D eigenvalue weighted by Gasteiger charge is -2.37. The Morgan fingerprint density at radius 1 is 1.09 bits per heavy atom. The summed E-state index contributed by atoms with van der Waals surface area (Å²) in [5.74, 6) is 0.437. The number of sulfone groups is 1. The van der Waals surface area contributed by atoms with Gasteiger partial charge in [0.1, 0.15) is 16.3 Å². The normalized spacial score (nSPS) is 16.7. The highest BCUT2D eigenvalue weighted by atomic mass is 79.9. The van der Waals surface area contributed by atoms with Crippen LogP contribution in [0.25, 0.3) is 11.3 Å². The van der Waals surface area contributed by atoms with Crippen molar-refractivity contribution in [3.63, 3.8) is 0 Å². The Morgan fingerprint density at radius 2 is 1.81 bits per heavy atom. The van der Waals surface area contributed by atoms with Crippen LogP contribution in [0.1, 0.15) is 62.2 Å². The summed E-state index contributed by atoms with van der Waals surface area (Å²) in [7, 11) is -1.96. The predicted octanol–water partition coefficient (Wildman–Crippen LogP) is 4.85. The number of carbonyl (C=O) groups excluding carboxylic acids is 1. The van der Waals surface area contributed by atoms with Gasteiger partial charge in [-0.15, -0.1) is 0 Å². The van der Waals surface area contributed by atoms with E-state index in [1.165, 1.54) is 7.11 Å². The highest BCUT2D eigenvalue weighted by Crippen LogP contribution is 2.45. The molecule has 174 valence electrons. The smallest absolute Gasteiger partial charge is 0.271 e. The number of hydrogen-bond acceptors (Lipinski definition) is 4. The van der Waals surface area contributed by atoms with Crippen LogP contribution in [-0.2, 0) is 29.2 Å². The molecule has 0 spiro atoms. The van der Waals surface area contributed by atoms with Gasteiger partial charge >= 0.3 is 0 Å². The van der Waals surface area contributed by atoms with Gasteiger partial charge in [-0.3, -0.25) is 4.79 Å². The Bertz CT molecular complexity index is 1190. The van der Waals surface area contributed by atoms with E-state index in [4.69, 9.17) is 4.74 Å². The van der Waals surface area contributed by atoms with Crippen LogP contribution in [0.5, 0.6) is 5.75 Å². The molecule has 0 saturated carbocycles. The van der Waals surface area contributed by atoms with Crippen LogP contribution in [0.3, 0.4) is 0 Å². The zero-order valence-corrected chi connectivity index (χ0v) is 21.8. The molecular formula is C24H31BrN2O4S. The fourth-order valence-electron chi connectivity index (χ4n) is 4.86. The van der Waals surface area contributed by atoms with Gasteiger partial charge in [-0.1, -0.05) is 6.92 Å². The zero-order chi connectivity index (χ0) is 23.4. The number of aromatic nitrogens is 1. The molecule has 2 aliphatic heterocycles. The van der Waals surface area contributed by atoms with Crippen LogP contribution >= 0.6 is 15.9 Å². The highest BCUT2D eigenvalue weighted by Gasteiger charge is 2.37. The number of benzene rings is 1. The van der Waals surface area contributed by atoms with Crippen LogP contribution in [0.15, 0.2) is 21.5 Å². The lowest BCUT2D eigenvalue weighted by molar-refractivity contribution is 0.0558. The fourth-order valence-corrected chi connectivity index (χ4v) is 6.73. The van der Waals surface area contributed by atoms with Crippen LogP contribution < -0.4 is 4.74 Å². The van der Waals surface area contributed by atoms with E-state index in [1.54, 1.807) is 13.0 Å². The second-order valence-electron chi connectivity index (χ2n) is 9.54. The molecule has 2 aromatic rings. The maximum absolute atomic E-state index is 13.8. The number of fused-ring (bicyclic) bond motifs is 5. The molecule has 0 saturated heterocycles. The van der Waals surface area contributed by atoms with Gasteiger partial charge in [0.05, 0.1) is 18.6 Å². The fraction of sp³-hybridized carbons (Fsp3) is 0.542. The summed E-state index contributed by atoms with van der Waals surface area (Å²) in [4.78, 5) is 16.0. The zero-order valence-electron chi connectivity index (χ0n) is 19.4. The molecule has 0 N–H and O–H groups in total. The average molecular weight is 523 g/mol. The Kier molecular flexibility index (Phi) is 5.99. The second kappa shape index (κ2) is 8.20. The molecule has 8 heteroatoms. The molecular weight excluding hydrogens is 492 g/mol. The summed E-state index contributed by atoms with van der Waals surface area (Å²) in [6, 6.07) is 3.59. The van der Waals surface area contributed by atoms with Crippen molar-refractivity contribution < 1.29 is 17.9 Å². The predicted molar refractivity (Wildman–Crippen MR) is 129 cm³/mol. The lowest BCUT2D eigenvalue weighted by Crippen LogP contribution is -2.47. The Balaban J connectivity index is 1.97. The molecule has 0 fully saturated rings. The lowest BCUT2D eigenvalue weighted by atomic mass is 9.97. The van der Waals surface area contributed by atoms with Gasteiger partial charge < -0.3 is 14.2 Å². The van der Waals surface area contributed by atoms with Crippen molar-refractivity contribution in [1.29, 1.82) is 0 Å². The molecule has 2 aliphatic rings. The molecule has 0 aliphatic carbocycles. The van der Waals surface area contributed by atoms with E-state index < -0.39 is 9.84 Å². The summed E-state index contributed by atoms with van der Waals surface area (Å²) in [6.07, 6.45) is 3.49. The molecule has 3 heterocycles. The molecule has 1 aromatic carbocycles. The minimum absolute atomic E-state index is 0.000142. The number of amides is 1. The molecule has 32 heavy (non-hydrogen) atoms. The summed E-state index contributed by atoms with van der Waals surface area (Å²) >= 11 is 3.81. The number of nitrogens with zero attached hydrogens (tertiary/aromatic N) is 2. The van der Waals surface area contributed by atoms with Gasteiger partial charge in [-0.2, -0.15) is 0 Å². The third-order valence-corrected chi connectivity index (χ3v) is 9.18. The first-order valence-electron chi connectivity index (χ1n) is 11.2. The van der Waals surface area contributed by atoms with E-state index in [-0.39, 0.29) is 22.1 Å². The van der Waals surface area contributed by atoms with E-state index in [2.05, 4.69) is 41.3 Å². The Hall–Kier alpha value is -1.80. The van der Waals surface area contributed by atoms with Crippen molar-refractivity contribution in [2.24, 2.45) is 0 Å². The van der Waals surface area contributed by atoms with Gasteiger partial charge in [0, 0.05) is 28.7 Å². The van der Waals surface area contributed by atoms with Crippen molar-refractivity contribution in [2.75, 3.05) is 19.4 Å². The molecule has 1 aromatic heterocycles. The van der Waals surface area contributed by atoms with Crippen molar-refractivity contribution in [1.82, 2.24) is 9.47 Å². The standard InChI is InChI=1S/C24H31BrN2O4S/c1-6-32(29,30)19-14-17-15(13-18(19)31-5)10-12-26-21(17)20(25)16-9-7-8-11-27(24(2,3)4)23(28)22(16)26/h13-14H,6-12H2,1-5H3. The van der Waals surface area contributed by atoms with Crippen molar-refractivity contribution >= 4 is 31.7 Å². The SMILES string of the molecule is CCS(=O)(=O)c1cc2c(cc1OC)CCn1c3c(c(Br)c1-2)CCCCN(C(C)(C)C)C3=O. The third-order valence-electron chi connectivity index (χ3n) is 6.58. The first kappa shape index (κ1) is 23.4. The maximum atomic E-state index is 13.8. The largest absolute Gasteiger partial charge is 0.495 e. The quantitative estimate of drug-likeness (QED) is 0.577. The number of methoxy groups -OCH3 is 1.